The summed E-state index contributed by atoms with van der Waals surface area (Å²) in [5.41, 5.74) is 22.0. The van der Waals surface area contributed by atoms with Gasteiger partial charge in [0.25, 0.3) is 0 Å². The monoisotopic (exact) mass is 808 g/mol. The average molecular weight is 809 g/mol. The second-order valence-electron chi connectivity index (χ2n) is 17.0. The van der Waals surface area contributed by atoms with Crippen molar-refractivity contribution in [3.63, 3.8) is 0 Å². The number of benzene rings is 9. The van der Waals surface area contributed by atoms with E-state index >= 15 is 0 Å². The van der Waals surface area contributed by atoms with Crippen LogP contribution in [0.5, 0.6) is 0 Å². The van der Waals surface area contributed by atoms with Crippen LogP contribution >= 0.6 is 0 Å². The maximum absolute atomic E-state index is 6.11. The molecule has 0 atom stereocenters. The maximum atomic E-state index is 6.11. The van der Waals surface area contributed by atoms with Gasteiger partial charge in [0.1, 0.15) is 11.0 Å². The summed E-state index contributed by atoms with van der Waals surface area (Å²) >= 11 is 0. The molecule has 0 bridgehead atoms. The molecule has 0 saturated carbocycles. The minimum Gasteiger partial charge on any atom is -0.436 e. The second-order valence-corrected chi connectivity index (χ2v) is 17.0. The number of hydrogen-bond donors (Lipinski definition) is 0. The molecule has 0 unspecified atom stereocenters. The standard InChI is InChI=1S/C59H40N2O2/c1-59(2)51-35-44(37-11-4-3-5-12-37)27-29-49(51)50-30-28-45(36-52(50)59)42-13-10-14-43(31-42)48-33-46(38-19-23-40(24-20-38)57-60-53-15-6-8-17-55(53)62-57)32-47(34-48)39-21-25-41(26-22-39)58-61-54-16-7-9-18-56(54)63-58/h3-36H,1-2H3. The SMILES string of the molecule is CC1(C)c2cc(-c3ccccc3)ccc2-c2ccc(-c3cccc(-c4cc(-c5ccc(-c6nc7ccccc7o6)cc5)cc(-c5ccc(-c6nc7ccccc7o6)cc5)c4)c3)cc21. The molecular weight excluding hydrogens is 769 g/mol. The number of para-hydroxylation sites is 4. The van der Waals surface area contributed by atoms with Gasteiger partial charge in [0.2, 0.25) is 11.8 Å². The van der Waals surface area contributed by atoms with Gasteiger partial charge in [0.15, 0.2) is 11.2 Å². The van der Waals surface area contributed by atoms with Gasteiger partial charge >= 0.3 is 0 Å². The summed E-state index contributed by atoms with van der Waals surface area (Å²) in [4.78, 5) is 9.48. The van der Waals surface area contributed by atoms with Crippen LogP contribution in [-0.4, -0.2) is 9.97 Å². The van der Waals surface area contributed by atoms with Crippen molar-refractivity contribution in [3.05, 3.63) is 217 Å². The molecular formula is C59H40N2O2. The van der Waals surface area contributed by atoms with Gasteiger partial charge in [-0.2, -0.15) is 0 Å². The van der Waals surface area contributed by atoms with Gasteiger partial charge in [-0.15, -0.1) is 0 Å². The van der Waals surface area contributed by atoms with Crippen molar-refractivity contribution in [1.82, 2.24) is 9.97 Å². The summed E-state index contributed by atoms with van der Waals surface area (Å²) < 4.78 is 12.2. The van der Waals surface area contributed by atoms with Crippen LogP contribution in [0.3, 0.4) is 0 Å². The molecule has 2 heterocycles. The largest absolute Gasteiger partial charge is 0.436 e. The number of fused-ring (bicyclic) bond motifs is 5. The maximum Gasteiger partial charge on any atom is 0.227 e. The van der Waals surface area contributed by atoms with E-state index in [0.29, 0.717) is 11.8 Å². The average Bonchev–Trinajstić information content (AvgIpc) is 4.05. The third-order valence-electron chi connectivity index (χ3n) is 12.8. The molecule has 1 aliphatic rings. The van der Waals surface area contributed by atoms with Crippen molar-refractivity contribution < 1.29 is 8.83 Å². The highest BCUT2D eigenvalue weighted by Crippen LogP contribution is 2.51. The van der Waals surface area contributed by atoms with E-state index in [0.717, 1.165) is 66.7 Å². The van der Waals surface area contributed by atoms with Crippen LogP contribution < -0.4 is 0 Å². The lowest BCUT2D eigenvalue weighted by atomic mass is 9.80. The van der Waals surface area contributed by atoms with Gasteiger partial charge in [-0.3, -0.25) is 0 Å². The molecule has 0 radical (unpaired) electrons. The van der Waals surface area contributed by atoms with Crippen molar-refractivity contribution >= 4 is 22.2 Å². The molecule has 12 rings (SSSR count). The molecule has 0 aliphatic heterocycles. The molecule has 4 heteroatoms. The van der Waals surface area contributed by atoms with Gasteiger partial charge in [-0.1, -0.05) is 135 Å². The van der Waals surface area contributed by atoms with E-state index in [-0.39, 0.29) is 5.41 Å². The normalized spacial score (nSPS) is 12.7. The molecule has 0 N–H and O–H groups in total. The fourth-order valence-corrected chi connectivity index (χ4v) is 9.34. The third kappa shape index (κ3) is 6.47. The first-order valence-corrected chi connectivity index (χ1v) is 21.4. The smallest absolute Gasteiger partial charge is 0.227 e. The van der Waals surface area contributed by atoms with Crippen LogP contribution in [0, 0.1) is 0 Å². The van der Waals surface area contributed by atoms with Gasteiger partial charge in [-0.25, -0.2) is 9.97 Å². The second kappa shape index (κ2) is 14.5. The van der Waals surface area contributed by atoms with Crippen LogP contribution in [0.15, 0.2) is 215 Å². The molecule has 0 fully saturated rings. The van der Waals surface area contributed by atoms with E-state index in [1.807, 2.05) is 48.5 Å². The topological polar surface area (TPSA) is 52.1 Å². The number of nitrogens with zero attached hydrogens (tertiary/aromatic N) is 2. The molecule has 0 amide bonds. The van der Waals surface area contributed by atoms with Gasteiger partial charge < -0.3 is 8.83 Å². The molecule has 1 aliphatic carbocycles. The summed E-state index contributed by atoms with van der Waals surface area (Å²) in [7, 11) is 0. The molecule has 0 spiro atoms. The predicted octanol–water partition coefficient (Wildman–Crippen LogP) is 15.9. The van der Waals surface area contributed by atoms with Crippen LogP contribution in [0.1, 0.15) is 25.0 Å². The lowest BCUT2D eigenvalue weighted by molar-refractivity contribution is 0.619. The molecule has 0 saturated heterocycles. The summed E-state index contributed by atoms with van der Waals surface area (Å²) in [6.07, 6.45) is 0. The number of aromatic nitrogens is 2. The van der Waals surface area contributed by atoms with Crippen molar-refractivity contribution in [1.29, 1.82) is 0 Å². The van der Waals surface area contributed by atoms with E-state index in [2.05, 4.69) is 172 Å². The Morgan fingerprint density at radius 2 is 0.651 bits per heavy atom. The van der Waals surface area contributed by atoms with E-state index in [1.54, 1.807) is 0 Å². The Balaban J connectivity index is 0.917. The summed E-state index contributed by atoms with van der Waals surface area (Å²) in [5, 5.41) is 0. The van der Waals surface area contributed by atoms with Crippen molar-refractivity contribution in [2.45, 2.75) is 19.3 Å². The summed E-state index contributed by atoms with van der Waals surface area (Å²) in [6.45, 7) is 4.72. The predicted molar refractivity (Wildman–Crippen MR) is 257 cm³/mol. The minimum atomic E-state index is -0.141. The third-order valence-corrected chi connectivity index (χ3v) is 12.8. The van der Waals surface area contributed by atoms with Crippen LogP contribution in [-0.2, 0) is 5.41 Å². The fourth-order valence-electron chi connectivity index (χ4n) is 9.34. The summed E-state index contributed by atoms with van der Waals surface area (Å²) in [5.74, 6) is 1.23. The molecule has 298 valence electrons. The Hall–Kier alpha value is -8.08. The number of rotatable bonds is 7. The highest BCUT2D eigenvalue weighted by atomic mass is 16.4. The zero-order valence-electron chi connectivity index (χ0n) is 34.8. The minimum absolute atomic E-state index is 0.141. The zero-order chi connectivity index (χ0) is 42.1. The lowest BCUT2D eigenvalue weighted by Gasteiger charge is -2.22. The highest BCUT2D eigenvalue weighted by Gasteiger charge is 2.36. The molecule has 63 heavy (non-hydrogen) atoms. The van der Waals surface area contributed by atoms with E-state index in [9.17, 15) is 0 Å². The molecule has 9 aromatic carbocycles. The highest BCUT2D eigenvalue weighted by molar-refractivity contribution is 5.88. The fraction of sp³-hybridized carbons (Fsp3) is 0.0508. The van der Waals surface area contributed by atoms with Crippen LogP contribution in [0.2, 0.25) is 0 Å². The van der Waals surface area contributed by atoms with Crippen molar-refractivity contribution in [2.75, 3.05) is 0 Å². The Morgan fingerprint density at radius 3 is 1.16 bits per heavy atom. The van der Waals surface area contributed by atoms with Gasteiger partial charge in [-0.05, 0) is 163 Å². The van der Waals surface area contributed by atoms with Crippen LogP contribution in [0.4, 0.5) is 0 Å². The van der Waals surface area contributed by atoms with Crippen molar-refractivity contribution in [3.8, 4) is 89.7 Å². The number of oxazole rings is 2. The first kappa shape index (κ1) is 36.7. The first-order valence-electron chi connectivity index (χ1n) is 21.4. The lowest BCUT2D eigenvalue weighted by Crippen LogP contribution is -2.15. The van der Waals surface area contributed by atoms with E-state index < -0.39 is 0 Å². The van der Waals surface area contributed by atoms with E-state index in [4.69, 9.17) is 18.8 Å². The van der Waals surface area contributed by atoms with Gasteiger partial charge in [0.05, 0.1) is 0 Å². The zero-order valence-corrected chi connectivity index (χ0v) is 34.8. The van der Waals surface area contributed by atoms with E-state index in [1.165, 1.54) is 44.5 Å². The molecule has 11 aromatic rings. The molecule has 2 aromatic heterocycles. The molecule has 4 nitrogen and oxygen atoms in total. The Kier molecular flexibility index (Phi) is 8.48. The summed E-state index contributed by atoms with van der Waals surface area (Å²) in [6, 6.07) is 73.3. The Bertz CT molecular complexity index is 3320. The van der Waals surface area contributed by atoms with Crippen molar-refractivity contribution in [2.24, 2.45) is 0 Å². The number of hydrogen-bond acceptors (Lipinski definition) is 4. The Labute approximate surface area is 365 Å². The van der Waals surface area contributed by atoms with Crippen LogP contribution in [0.25, 0.3) is 112 Å². The van der Waals surface area contributed by atoms with Gasteiger partial charge in [0, 0.05) is 16.5 Å². The Morgan fingerprint density at radius 1 is 0.302 bits per heavy atom. The first-order chi connectivity index (χ1) is 30.9. The quantitative estimate of drug-likeness (QED) is 0.161.